The summed E-state index contributed by atoms with van der Waals surface area (Å²) in [6, 6.07) is 10.0. The molecule has 1 N–H and O–H groups in total. The third kappa shape index (κ3) is 5.14. The number of halogens is 3. The summed E-state index contributed by atoms with van der Waals surface area (Å²) in [4.78, 5) is 35.5. The van der Waals surface area contributed by atoms with Crippen LogP contribution in [0, 0.1) is 34.5 Å². The molecule has 1 aliphatic heterocycles. The number of benzene rings is 1. The Morgan fingerprint density at radius 2 is 1.71 bits per heavy atom. The van der Waals surface area contributed by atoms with Gasteiger partial charge in [0.05, 0.1) is 12.7 Å². The number of nitrogens with one attached hydrogen (secondary N) is 1. The van der Waals surface area contributed by atoms with Gasteiger partial charge in [0, 0.05) is 31.7 Å². The molecule has 226 valence electrons. The number of ether oxygens (including phenoxy) is 3. The van der Waals surface area contributed by atoms with Crippen molar-refractivity contribution in [1.82, 2.24) is 5.32 Å². The predicted molar refractivity (Wildman–Crippen MR) is 142 cm³/mol. The fourth-order valence-corrected chi connectivity index (χ4v) is 9.01. The molecule has 1 amide bonds. The minimum absolute atomic E-state index is 0.0196. The third-order valence-electron chi connectivity index (χ3n) is 11.0. The highest BCUT2D eigenvalue weighted by molar-refractivity contribution is 5.81. The number of esters is 2. The summed E-state index contributed by atoms with van der Waals surface area (Å²) in [6.45, 7) is 7.09. The van der Waals surface area contributed by atoms with E-state index in [2.05, 4.69) is 31.3 Å². The van der Waals surface area contributed by atoms with Crippen LogP contribution in [0.3, 0.4) is 0 Å². The largest absolute Gasteiger partial charge is 0.471 e. The van der Waals surface area contributed by atoms with E-state index >= 15 is 0 Å². The van der Waals surface area contributed by atoms with E-state index in [4.69, 9.17) is 14.2 Å². The molecule has 0 bridgehead atoms. The number of fused-ring (bicyclic) bond motifs is 3. The summed E-state index contributed by atoms with van der Waals surface area (Å²) >= 11 is 0. The van der Waals surface area contributed by atoms with Crippen molar-refractivity contribution in [3.05, 3.63) is 35.9 Å². The molecule has 9 unspecified atom stereocenters. The lowest BCUT2D eigenvalue weighted by molar-refractivity contribution is -0.175. The fourth-order valence-electron chi connectivity index (χ4n) is 9.01. The Morgan fingerprint density at radius 3 is 2.34 bits per heavy atom. The van der Waals surface area contributed by atoms with Crippen molar-refractivity contribution < 1.29 is 41.8 Å². The molecule has 9 atom stereocenters. The molecule has 0 spiro atoms. The smallest absolute Gasteiger partial charge is 0.466 e. The highest BCUT2D eigenvalue weighted by Crippen LogP contribution is 2.75. The van der Waals surface area contributed by atoms with Gasteiger partial charge in [-0.1, -0.05) is 44.2 Å². The molecule has 41 heavy (non-hydrogen) atoms. The molecule has 0 radical (unpaired) electrons. The topological polar surface area (TPSA) is 94.2 Å². The Kier molecular flexibility index (Phi) is 7.71. The van der Waals surface area contributed by atoms with E-state index in [-0.39, 0.29) is 60.4 Å². The number of alkyl halides is 3. The van der Waals surface area contributed by atoms with Gasteiger partial charge in [-0.3, -0.25) is 14.4 Å². The number of hydrogen-bond donors (Lipinski definition) is 1. The number of rotatable bonds is 7. The molecule has 10 heteroatoms. The summed E-state index contributed by atoms with van der Waals surface area (Å²) in [5.74, 6) is -3.14. The zero-order valence-electron chi connectivity index (χ0n) is 24.1. The van der Waals surface area contributed by atoms with Gasteiger partial charge in [0.15, 0.2) is 0 Å². The molecule has 1 aromatic rings. The highest BCUT2D eigenvalue weighted by Gasteiger charge is 2.77. The SMILES string of the molecule is CC(=O)OCC1CC(OC(C)=O)CCC1(C)C1CCC2(C)C(CC3OC32c2ccccc2)C1CNC(=O)C(F)(F)F. The first-order chi connectivity index (χ1) is 19.2. The van der Waals surface area contributed by atoms with Crippen molar-refractivity contribution in [3.63, 3.8) is 0 Å². The van der Waals surface area contributed by atoms with Crippen molar-refractivity contribution in [2.24, 2.45) is 34.5 Å². The van der Waals surface area contributed by atoms with Gasteiger partial charge in [0.1, 0.15) is 11.7 Å². The summed E-state index contributed by atoms with van der Waals surface area (Å²) in [7, 11) is 0. The molecule has 0 aromatic heterocycles. The van der Waals surface area contributed by atoms with Crippen LogP contribution in [0.4, 0.5) is 13.2 Å². The van der Waals surface area contributed by atoms with Gasteiger partial charge in [-0.15, -0.1) is 0 Å². The Hall–Kier alpha value is -2.62. The molecule has 3 saturated carbocycles. The normalized spacial score (nSPS) is 39.7. The van der Waals surface area contributed by atoms with Crippen LogP contribution in [0.1, 0.15) is 71.8 Å². The molecule has 1 heterocycles. The van der Waals surface area contributed by atoms with Gasteiger partial charge in [-0.05, 0) is 67.3 Å². The summed E-state index contributed by atoms with van der Waals surface area (Å²) in [5, 5.41) is 2.23. The Morgan fingerprint density at radius 1 is 1.00 bits per heavy atom. The molecule has 4 aliphatic rings. The van der Waals surface area contributed by atoms with Crippen LogP contribution in [0.25, 0.3) is 0 Å². The van der Waals surface area contributed by atoms with Crippen LogP contribution >= 0.6 is 0 Å². The summed E-state index contributed by atoms with van der Waals surface area (Å²) in [5.41, 5.74) is -0.122. The van der Waals surface area contributed by atoms with Crippen LogP contribution in [0.2, 0.25) is 0 Å². The minimum atomic E-state index is -4.97. The molecule has 4 fully saturated rings. The van der Waals surface area contributed by atoms with Gasteiger partial charge in [-0.25, -0.2) is 0 Å². The van der Waals surface area contributed by atoms with E-state index < -0.39 is 29.1 Å². The van der Waals surface area contributed by atoms with Crippen LogP contribution in [-0.2, 0) is 34.2 Å². The fraction of sp³-hybridized carbons (Fsp3) is 0.710. The van der Waals surface area contributed by atoms with Crippen LogP contribution in [0.15, 0.2) is 30.3 Å². The lowest BCUT2D eigenvalue weighted by Gasteiger charge is -2.58. The van der Waals surface area contributed by atoms with E-state index in [0.29, 0.717) is 25.7 Å². The maximum absolute atomic E-state index is 13.3. The van der Waals surface area contributed by atoms with E-state index in [1.54, 1.807) is 0 Å². The monoisotopic (exact) mass is 579 g/mol. The van der Waals surface area contributed by atoms with Crippen molar-refractivity contribution in [2.45, 2.75) is 90.2 Å². The minimum Gasteiger partial charge on any atom is -0.466 e. The van der Waals surface area contributed by atoms with Crippen LogP contribution in [-0.4, -0.2) is 49.4 Å². The van der Waals surface area contributed by atoms with Crippen molar-refractivity contribution in [2.75, 3.05) is 13.2 Å². The lowest BCUT2D eigenvalue weighted by Crippen LogP contribution is -2.56. The Bertz CT molecular complexity index is 1180. The first kappa shape index (κ1) is 29.9. The number of epoxide rings is 1. The summed E-state index contributed by atoms with van der Waals surface area (Å²) < 4.78 is 57.3. The van der Waals surface area contributed by atoms with Crippen molar-refractivity contribution in [1.29, 1.82) is 0 Å². The molecular formula is C31H40F3NO6. The molecule has 7 nitrogen and oxygen atoms in total. The Labute approximate surface area is 238 Å². The number of hydrogen-bond acceptors (Lipinski definition) is 6. The van der Waals surface area contributed by atoms with Gasteiger partial charge < -0.3 is 19.5 Å². The first-order valence-electron chi connectivity index (χ1n) is 14.6. The van der Waals surface area contributed by atoms with Crippen molar-refractivity contribution >= 4 is 17.8 Å². The van der Waals surface area contributed by atoms with Crippen molar-refractivity contribution in [3.8, 4) is 0 Å². The molecule has 5 rings (SSSR count). The molecule has 1 saturated heterocycles. The highest BCUT2D eigenvalue weighted by atomic mass is 19.4. The predicted octanol–water partition coefficient (Wildman–Crippen LogP) is 5.31. The molecular weight excluding hydrogens is 539 g/mol. The average Bonchev–Trinajstić information content (AvgIpc) is 3.58. The van der Waals surface area contributed by atoms with E-state index in [9.17, 15) is 27.6 Å². The first-order valence-corrected chi connectivity index (χ1v) is 14.6. The number of amides is 1. The number of carbonyl (C=O) groups excluding carboxylic acids is 3. The average molecular weight is 580 g/mol. The van der Waals surface area contributed by atoms with Gasteiger partial charge in [0.25, 0.3) is 0 Å². The zero-order valence-corrected chi connectivity index (χ0v) is 24.1. The van der Waals surface area contributed by atoms with E-state index in [0.717, 1.165) is 18.4 Å². The van der Waals surface area contributed by atoms with E-state index in [1.807, 2.05) is 18.2 Å². The Balaban J connectivity index is 1.48. The molecule has 1 aromatic carbocycles. The van der Waals surface area contributed by atoms with Crippen LogP contribution < -0.4 is 5.32 Å². The van der Waals surface area contributed by atoms with Gasteiger partial charge in [-0.2, -0.15) is 13.2 Å². The second-order valence-corrected chi connectivity index (χ2v) is 13.0. The van der Waals surface area contributed by atoms with Crippen LogP contribution in [0.5, 0.6) is 0 Å². The lowest BCUT2D eigenvalue weighted by atomic mass is 9.48. The third-order valence-corrected chi connectivity index (χ3v) is 11.0. The maximum atomic E-state index is 13.3. The second kappa shape index (κ2) is 10.6. The summed E-state index contributed by atoms with van der Waals surface area (Å²) in [6.07, 6.45) is -1.26. The molecule has 3 aliphatic carbocycles. The van der Waals surface area contributed by atoms with E-state index in [1.165, 1.54) is 13.8 Å². The van der Waals surface area contributed by atoms with Gasteiger partial charge >= 0.3 is 24.0 Å². The quantitative estimate of drug-likeness (QED) is 0.348. The van der Waals surface area contributed by atoms with Gasteiger partial charge in [0.2, 0.25) is 0 Å². The second-order valence-electron chi connectivity index (χ2n) is 13.0. The standard InChI is InChI=1S/C31H40F3NO6/c1-18(36)39-17-21-14-22(40-19(2)37)10-12-28(21,3)24-11-13-29(4)25(23(24)16-35-27(38)31(32,33)34)15-26-30(29,41-26)20-8-6-5-7-9-20/h5-9,21-26H,10-17H2,1-4H3,(H,35,38). The maximum Gasteiger partial charge on any atom is 0.471 e. The number of carbonyl (C=O) groups is 3. The zero-order chi connectivity index (χ0) is 29.8.